The normalized spacial score (nSPS) is 10.7. The summed E-state index contributed by atoms with van der Waals surface area (Å²) in [5, 5.41) is 0. The van der Waals surface area contributed by atoms with Gasteiger partial charge in [0.2, 0.25) is 0 Å². The third-order valence-corrected chi connectivity index (χ3v) is 5.16. The summed E-state index contributed by atoms with van der Waals surface area (Å²) < 4.78 is 7.78. The standard InChI is InChI=1S/C24H44NO.ClH/c1-2-3-4-5-6-7-8-9-10-11-12-13-14-15-16-20-23-26-24-25-21-18-17-19-22-25;/h17-19,21-22H,2-16,20,23-24H2,1H3;1H/q+1;/p-1. The van der Waals surface area contributed by atoms with E-state index in [1.165, 1.54) is 103 Å². The molecule has 0 aliphatic heterocycles. The van der Waals surface area contributed by atoms with Crippen LogP contribution in [-0.4, -0.2) is 6.61 Å². The van der Waals surface area contributed by atoms with Gasteiger partial charge in [0.15, 0.2) is 12.4 Å². The summed E-state index contributed by atoms with van der Waals surface area (Å²) in [5.74, 6) is 0. The SMILES string of the molecule is CCCCCCCCCCCCCCCCCCOC[n+]1ccccc1.[Cl-]. The molecule has 0 atom stereocenters. The number of hydrogen-bond donors (Lipinski definition) is 0. The van der Waals surface area contributed by atoms with Gasteiger partial charge in [-0.1, -0.05) is 109 Å². The Morgan fingerprint density at radius 2 is 0.963 bits per heavy atom. The number of ether oxygens (including phenoxy) is 1. The molecule has 0 fully saturated rings. The average molecular weight is 398 g/mol. The minimum absolute atomic E-state index is 0. The van der Waals surface area contributed by atoms with Crippen molar-refractivity contribution in [3.05, 3.63) is 30.6 Å². The van der Waals surface area contributed by atoms with Gasteiger partial charge >= 0.3 is 0 Å². The Labute approximate surface area is 175 Å². The van der Waals surface area contributed by atoms with Gasteiger partial charge in [-0.3, -0.25) is 0 Å². The molecule has 1 aromatic rings. The number of rotatable bonds is 19. The molecule has 0 amide bonds. The van der Waals surface area contributed by atoms with E-state index in [4.69, 9.17) is 4.74 Å². The Bertz CT molecular complexity index is 385. The summed E-state index contributed by atoms with van der Waals surface area (Å²) in [4.78, 5) is 0. The fraction of sp³-hybridized carbons (Fsp3) is 0.792. The van der Waals surface area contributed by atoms with Crippen LogP contribution in [-0.2, 0) is 11.5 Å². The predicted molar refractivity (Wildman–Crippen MR) is 112 cm³/mol. The molecule has 1 rings (SSSR count). The average Bonchev–Trinajstić information content (AvgIpc) is 2.68. The quantitative estimate of drug-likeness (QED) is 0.251. The Morgan fingerprint density at radius 1 is 0.556 bits per heavy atom. The van der Waals surface area contributed by atoms with E-state index in [1.54, 1.807) is 0 Å². The summed E-state index contributed by atoms with van der Waals surface area (Å²) >= 11 is 0. The van der Waals surface area contributed by atoms with Crippen LogP contribution in [0.15, 0.2) is 30.6 Å². The third kappa shape index (κ3) is 18.5. The molecule has 0 saturated carbocycles. The van der Waals surface area contributed by atoms with Gasteiger partial charge < -0.3 is 17.1 Å². The maximum absolute atomic E-state index is 5.70. The van der Waals surface area contributed by atoms with E-state index < -0.39 is 0 Å². The highest BCUT2D eigenvalue weighted by molar-refractivity contribution is 4.83. The fourth-order valence-electron chi connectivity index (χ4n) is 3.44. The predicted octanol–water partition coefficient (Wildman–Crippen LogP) is 4.21. The summed E-state index contributed by atoms with van der Waals surface area (Å²) in [6.45, 7) is 3.86. The first-order valence-electron chi connectivity index (χ1n) is 11.5. The molecule has 0 aromatic carbocycles. The van der Waals surface area contributed by atoms with E-state index in [0.29, 0.717) is 6.73 Å². The molecule has 2 nitrogen and oxygen atoms in total. The summed E-state index contributed by atoms with van der Waals surface area (Å²) in [7, 11) is 0. The number of pyridine rings is 1. The van der Waals surface area contributed by atoms with Gasteiger partial charge in [-0.25, -0.2) is 0 Å². The molecule has 3 heteroatoms. The van der Waals surface area contributed by atoms with Crippen molar-refractivity contribution >= 4 is 0 Å². The van der Waals surface area contributed by atoms with Crippen LogP contribution in [0.1, 0.15) is 110 Å². The van der Waals surface area contributed by atoms with Crippen molar-refractivity contribution in [1.82, 2.24) is 0 Å². The van der Waals surface area contributed by atoms with Crippen LogP contribution >= 0.6 is 0 Å². The van der Waals surface area contributed by atoms with Gasteiger partial charge in [0, 0.05) is 12.1 Å². The van der Waals surface area contributed by atoms with Crippen molar-refractivity contribution in [3.8, 4) is 0 Å². The van der Waals surface area contributed by atoms with E-state index in [1.807, 2.05) is 30.6 Å². The van der Waals surface area contributed by atoms with E-state index in [9.17, 15) is 0 Å². The van der Waals surface area contributed by atoms with Crippen LogP contribution in [0.3, 0.4) is 0 Å². The molecule has 1 heterocycles. The van der Waals surface area contributed by atoms with Gasteiger partial charge in [-0.2, -0.15) is 4.57 Å². The zero-order valence-corrected chi connectivity index (χ0v) is 18.6. The van der Waals surface area contributed by atoms with Gasteiger partial charge in [0.25, 0.3) is 6.73 Å². The maximum atomic E-state index is 5.70. The van der Waals surface area contributed by atoms with Crippen LogP contribution in [0.4, 0.5) is 0 Å². The Morgan fingerprint density at radius 3 is 1.41 bits per heavy atom. The molecule has 0 radical (unpaired) electrons. The minimum Gasteiger partial charge on any atom is -1.00 e. The van der Waals surface area contributed by atoms with Crippen molar-refractivity contribution in [3.63, 3.8) is 0 Å². The molecule has 0 spiro atoms. The van der Waals surface area contributed by atoms with E-state index in [0.717, 1.165) is 6.61 Å². The molecule has 0 aliphatic carbocycles. The second kappa shape index (κ2) is 21.7. The van der Waals surface area contributed by atoms with Crippen LogP contribution in [0, 0.1) is 0 Å². The van der Waals surface area contributed by atoms with E-state index in [-0.39, 0.29) is 12.4 Å². The minimum atomic E-state index is 0. The number of unbranched alkanes of at least 4 members (excludes halogenated alkanes) is 15. The first-order chi connectivity index (χ1) is 12.9. The molecular formula is C24H44ClNO. The van der Waals surface area contributed by atoms with Gasteiger partial charge in [0.05, 0.1) is 6.61 Å². The zero-order valence-electron chi connectivity index (χ0n) is 17.8. The molecular weight excluding hydrogens is 354 g/mol. The van der Waals surface area contributed by atoms with Crippen LogP contribution in [0.2, 0.25) is 0 Å². The Hall–Kier alpha value is -0.600. The molecule has 0 bridgehead atoms. The highest BCUT2D eigenvalue weighted by Crippen LogP contribution is 2.13. The molecule has 1 aromatic heterocycles. The Kier molecular flexibility index (Phi) is 21.2. The third-order valence-electron chi connectivity index (χ3n) is 5.16. The number of hydrogen-bond acceptors (Lipinski definition) is 1. The molecule has 0 unspecified atom stereocenters. The van der Waals surface area contributed by atoms with Gasteiger partial charge in [-0.05, 0) is 6.42 Å². The molecule has 0 saturated heterocycles. The fourth-order valence-corrected chi connectivity index (χ4v) is 3.44. The smallest absolute Gasteiger partial charge is 0.252 e. The van der Waals surface area contributed by atoms with Crippen molar-refractivity contribution < 1.29 is 21.7 Å². The van der Waals surface area contributed by atoms with Crippen molar-refractivity contribution in [1.29, 1.82) is 0 Å². The van der Waals surface area contributed by atoms with Crippen LogP contribution in [0.25, 0.3) is 0 Å². The highest BCUT2D eigenvalue weighted by atomic mass is 35.5. The second-order valence-corrected chi connectivity index (χ2v) is 7.73. The highest BCUT2D eigenvalue weighted by Gasteiger charge is 1.97. The van der Waals surface area contributed by atoms with Crippen LogP contribution < -0.4 is 17.0 Å². The number of nitrogens with zero attached hydrogens (tertiary/aromatic N) is 1. The summed E-state index contributed by atoms with van der Waals surface area (Å²) in [5.41, 5.74) is 0. The second-order valence-electron chi connectivity index (χ2n) is 7.73. The summed E-state index contributed by atoms with van der Waals surface area (Å²) in [6.07, 6.45) is 26.7. The molecule has 158 valence electrons. The zero-order chi connectivity index (χ0) is 18.5. The number of halogens is 1. The van der Waals surface area contributed by atoms with Crippen molar-refractivity contribution in [2.24, 2.45) is 0 Å². The first-order valence-corrected chi connectivity index (χ1v) is 11.5. The van der Waals surface area contributed by atoms with E-state index >= 15 is 0 Å². The lowest BCUT2D eigenvalue weighted by atomic mass is 10.0. The van der Waals surface area contributed by atoms with Gasteiger partial charge in [-0.15, -0.1) is 0 Å². The van der Waals surface area contributed by atoms with Crippen LogP contribution in [0.5, 0.6) is 0 Å². The largest absolute Gasteiger partial charge is 1.00 e. The summed E-state index contributed by atoms with van der Waals surface area (Å²) in [6, 6.07) is 6.11. The lowest BCUT2D eigenvalue weighted by molar-refractivity contribution is -0.732. The van der Waals surface area contributed by atoms with Gasteiger partial charge in [0.1, 0.15) is 0 Å². The monoisotopic (exact) mass is 397 g/mol. The van der Waals surface area contributed by atoms with Crippen molar-refractivity contribution in [2.45, 2.75) is 116 Å². The van der Waals surface area contributed by atoms with E-state index in [2.05, 4.69) is 11.5 Å². The lowest BCUT2D eigenvalue weighted by Gasteiger charge is -2.04. The first kappa shape index (κ1) is 26.4. The lowest BCUT2D eigenvalue weighted by Crippen LogP contribution is -3.00. The Balaban J connectivity index is 0.00000676. The number of aromatic nitrogens is 1. The molecule has 0 aliphatic rings. The molecule has 0 N–H and O–H groups in total. The van der Waals surface area contributed by atoms with Crippen molar-refractivity contribution in [2.75, 3.05) is 6.61 Å². The molecule has 27 heavy (non-hydrogen) atoms. The topological polar surface area (TPSA) is 13.1 Å². The maximum Gasteiger partial charge on any atom is 0.252 e.